The van der Waals surface area contributed by atoms with Crippen LogP contribution in [0.4, 0.5) is 0 Å². The van der Waals surface area contributed by atoms with Crippen molar-refractivity contribution < 1.29 is 0 Å². The first-order valence-electron chi connectivity index (χ1n) is 7.33. The maximum Gasteiger partial charge on any atom is 0.00674 e. The molecule has 1 nitrogen and oxygen atoms in total. The second-order valence-electron chi connectivity index (χ2n) is 6.16. The van der Waals surface area contributed by atoms with Gasteiger partial charge in [0.05, 0.1) is 0 Å². The number of nitrogens with two attached hydrogens (primary N) is 1. The molecule has 1 heteroatoms. The second-order valence-corrected chi connectivity index (χ2v) is 6.16. The highest BCUT2D eigenvalue weighted by Gasteiger charge is 2.30. The minimum Gasteiger partial charge on any atom is -0.327 e. The summed E-state index contributed by atoms with van der Waals surface area (Å²) in [4.78, 5) is 0. The van der Waals surface area contributed by atoms with E-state index >= 15 is 0 Å². The van der Waals surface area contributed by atoms with Crippen LogP contribution in [0.3, 0.4) is 0 Å². The highest BCUT2D eigenvalue weighted by Crippen LogP contribution is 2.37. The average molecular weight is 225 g/mol. The van der Waals surface area contributed by atoms with E-state index in [9.17, 15) is 0 Å². The standard InChI is InChI=1S/C15H31N/c1-5-12(6-2)9-14-10-13(11(3)4)7-8-15(14)16/h11-15H,5-10,16H2,1-4H3. The van der Waals surface area contributed by atoms with Crippen LogP contribution >= 0.6 is 0 Å². The minimum atomic E-state index is 0.482. The monoisotopic (exact) mass is 225 g/mol. The van der Waals surface area contributed by atoms with Crippen molar-refractivity contribution in [2.45, 2.75) is 72.3 Å². The highest BCUT2D eigenvalue weighted by atomic mass is 14.7. The lowest BCUT2D eigenvalue weighted by atomic mass is 9.71. The zero-order chi connectivity index (χ0) is 12.1. The molecule has 0 aromatic carbocycles. The van der Waals surface area contributed by atoms with Crippen molar-refractivity contribution in [2.75, 3.05) is 0 Å². The van der Waals surface area contributed by atoms with E-state index in [1.165, 1.54) is 38.5 Å². The van der Waals surface area contributed by atoms with E-state index < -0.39 is 0 Å². The molecule has 2 N–H and O–H groups in total. The van der Waals surface area contributed by atoms with Crippen molar-refractivity contribution in [1.29, 1.82) is 0 Å². The van der Waals surface area contributed by atoms with E-state index in [1.54, 1.807) is 0 Å². The maximum atomic E-state index is 6.30. The molecule has 0 radical (unpaired) electrons. The molecule has 0 aromatic rings. The zero-order valence-corrected chi connectivity index (χ0v) is 11.7. The summed E-state index contributed by atoms with van der Waals surface area (Å²) in [6.07, 6.45) is 8.02. The van der Waals surface area contributed by atoms with Crippen LogP contribution < -0.4 is 5.73 Å². The molecule has 0 aliphatic heterocycles. The Morgan fingerprint density at radius 2 is 1.75 bits per heavy atom. The van der Waals surface area contributed by atoms with Crippen molar-refractivity contribution in [3.8, 4) is 0 Å². The predicted molar refractivity (Wildman–Crippen MR) is 72.3 cm³/mol. The third-order valence-corrected chi connectivity index (χ3v) is 4.82. The Bertz CT molecular complexity index is 182. The van der Waals surface area contributed by atoms with Crippen LogP contribution in [0.25, 0.3) is 0 Å². The summed E-state index contributed by atoms with van der Waals surface area (Å²) < 4.78 is 0. The molecule has 3 atom stereocenters. The van der Waals surface area contributed by atoms with E-state index in [4.69, 9.17) is 5.73 Å². The lowest BCUT2D eigenvalue weighted by molar-refractivity contribution is 0.163. The van der Waals surface area contributed by atoms with Gasteiger partial charge in [0.15, 0.2) is 0 Å². The lowest BCUT2D eigenvalue weighted by Crippen LogP contribution is -2.38. The third-order valence-electron chi connectivity index (χ3n) is 4.82. The number of hydrogen-bond donors (Lipinski definition) is 1. The summed E-state index contributed by atoms with van der Waals surface area (Å²) in [5.74, 6) is 3.48. The molecule has 0 aromatic heterocycles. The lowest BCUT2D eigenvalue weighted by Gasteiger charge is -2.37. The summed E-state index contributed by atoms with van der Waals surface area (Å²) in [6, 6.07) is 0.482. The van der Waals surface area contributed by atoms with Crippen molar-refractivity contribution in [1.82, 2.24) is 0 Å². The summed E-state index contributed by atoms with van der Waals surface area (Å²) >= 11 is 0. The van der Waals surface area contributed by atoms with Crippen LogP contribution in [0, 0.1) is 23.7 Å². The Hall–Kier alpha value is -0.0400. The molecule has 1 rings (SSSR count). The topological polar surface area (TPSA) is 26.0 Å². The van der Waals surface area contributed by atoms with Gasteiger partial charge < -0.3 is 5.73 Å². The molecular weight excluding hydrogens is 194 g/mol. The normalized spacial score (nSPS) is 31.3. The highest BCUT2D eigenvalue weighted by molar-refractivity contribution is 4.84. The first-order valence-corrected chi connectivity index (χ1v) is 7.33. The van der Waals surface area contributed by atoms with Crippen molar-refractivity contribution in [2.24, 2.45) is 29.4 Å². The van der Waals surface area contributed by atoms with E-state index in [-0.39, 0.29) is 0 Å². The Morgan fingerprint density at radius 1 is 1.12 bits per heavy atom. The molecule has 1 aliphatic rings. The summed E-state index contributed by atoms with van der Waals surface area (Å²) in [7, 11) is 0. The molecule has 0 heterocycles. The molecule has 96 valence electrons. The second kappa shape index (κ2) is 6.64. The smallest absolute Gasteiger partial charge is 0.00674 e. The molecule has 3 unspecified atom stereocenters. The van der Waals surface area contributed by atoms with Crippen LogP contribution in [0.2, 0.25) is 0 Å². The van der Waals surface area contributed by atoms with E-state index in [0.29, 0.717) is 6.04 Å². The van der Waals surface area contributed by atoms with Crippen molar-refractivity contribution in [3.63, 3.8) is 0 Å². The molecule has 1 aliphatic carbocycles. The van der Waals surface area contributed by atoms with Crippen LogP contribution in [0.5, 0.6) is 0 Å². The number of rotatable bonds is 5. The number of hydrogen-bond acceptors (Lipinski definition) is 1. The zero-order valence-electron chi connectivity index (χ0n) is 11.7. The SMILES string of the molecule is CCC(CC)CC1CC(C(C)C)CCC1N. The molecule has 1 fully saturated rings. The fraction of sp³-hybridized carbons (Fsp3) is 1.00. The minimum absolute atomic E-state index is 0.482. The van der Waals surface area contributed by atoms with Gasteiger partial charge in [0, 0.05) is 6.04 Å². The van der Waals surface area contributed by atoms with Gasteiger partial charge in [-0.25, -0.2) is 0 Å². The summed E-state index contributed by atoms with van der Waals surface area (Å²) in [6.45, 7) is 9.39. The fourth-order valence-electron chi connectivity index (χ4n) is 3.25. The molecule has 0 saturated heterocycles. The molecule has 1 saturated carbocycles. The first-order chi connectivity index (χ1) is 7.58. The summed E-state index contributed by atoms with van der Waals surface area (Å²) in [5, 5.41) is 0. The Kier molecular flexibility index (Phi) is 5.82. The maximum absolute atomic E-state index is 6.30. The van der Waals surface area contributed by atoms with E-state index in [1.807, 2.05) is 0 Å². The van der Waals surface area contributed by atoms with Crippen LogP contribution in [0.15, 0.2) is 0 Å². The largest absolute Gasteiger partial charge is 0.327 e. The van der Waals surface area contributed by atoms with Gasteiger partial charge in [0.1, 0.15) is 0 Å². The van der Waals surface area contributed by atoms with Crippen molar-refractivity contribution in [3.05, 3.63) is 0 Å². The molecule has 0 bridgehead atoms. The van der Waals surface area contributed by atoms with E-state index in [2.05, 4.69) is 27.7 Å². The van der Waals surface area contributed by atoms with Gasteiger partial charge in [-0.05, 0) is 49.4 Å². The Balaban J connectivity index is 2.49. The molecule has 0 amide bonds. The van der Waals surface area contributed by atoms with Gasteiger partial charge in [0.2, 0.25) is 0 Å². The predicted octanol–water partition coefficient (Wildman–Crippen LogP) is 4.21. The van der Waals surface area contributed by atoms with Gasteiger partial charge in [-0.15, -0.1) is 0 Å². The summed E-state index contributed by atoms with van der Waals surface area (Å²) in [5.41, 5.74) is 6.30. The van der Waals surface area contributed by atoms with Crippen LogP contribution in [0.1, 0.15) is 66.2 Å². The van der Waals surface area contributed by atoms with Crippen molar-refractivity contribution >= 4 is 0 Å². The van der Waals surface area contributed by atoms with E-state index in [0.717, 1.165) is 23.7 Å². The van der Waals surface area contributed by atoms with Crippen LogP contribution in [-0.2, 0) is 0 Å². The molecule has 0 spiro atoms. The van der Waals surface area contributed by atoms with Crippen LogP contribution in [-0.4, -0.2) is 6.04 Å². The Labute approximate surface area is 102 Å². The van der Waals surface area contributed by atoms with Gasteiger partial charge in [-0.3, -0.25) is 0 Å². The van der Waals surface area contributed by atoms with Gasteiger partial charge in [0.25, 0.3) is 0 Å². The quantitative estimate of drug-likeness (QED) is 0.745. The first kappa shape index (κ1) is 14.0. The Morgan fingerprint density at radius 3 is 2.25 bits per heavy atom. The fourth-order valence-corrected chi connectivity index (χ4v) is 3.25. The average Bonchev–Trinajstić information content (AvgIpc) is 2.27. The van der Waals surface area contributed by atoms with Gasteiger partial charge in [-0.1, -0.05) is 40.5 Å². The van der Waals surface area contributed by atoms with Gasteiger partial charge >= 0.3 is 0 Å². The third kappa shape index (κ3) is 3.76. The molecular formula is C15H31N. The molecule has 16 heavy (non-hydrogen) atoms. The van der Waals surface area contributed by atoms with Gasteiger partial charge in [-0.2, -0.15) is 0 Å².